The Morgan fingerprint density at radius 1 is 1.39 bits per heavy atom. The number of amides is 1. The fraction of sp³-hybridized carbons (Fsp3) is 0.583. The third-order valence-electron chi connectivity index (χ3n) is 2.79. The number of carbonyl (C=O) groups excluding carboxylic acids is 1. The normalized spacial score (nSPS) is 10.7. The first-order valence-corrected chi connectivity index (χ1v) is 6.78. The van der Waals surface area contributed by atoms with Crippen molar-refractivity contribution < 1.29 is 14.7 Å². The summed E-state index contributed by atoms with van der Waals surface area (Å²) < 4.78 is 0. The van der Waals surface area contributed by atoms with Crippen molar-refractivity contribution in [1.82, 2.24) is 4.98 Å². The highest BCUT2D eigenvalue weighted by atomic mass is 32.1. The number of thiazole rings is 1. The third kappa shape index (κ3) is 3.80. The second kappa shape index (κ2) is 6.49. The summed E-state index contributed by atoms with van der Waals surface area (Å²) in [5.74, 6) is -0.952. The number of carboxylic acid groups (broad SMARTS) is 1. The van der Waals surface area contributed by atoms with Crippen LogP contribution >= 0.6 is 11.3 Å². The van der Waals surface area contributed by atoms with E-state index in [1.165, 1.54) is 11.3 Å². The molecule has 100 valence electrons. The van der Waals surface area contributed by atoms with Crippen LogP contribution in [0.5, 0.6) is 0 Å². The zero-order valence-electron chi connectivity index (χ0n) is 10.8. The van der Waals surface area contributed by atoms with Crippen LogP contribution in [0.1, 0.15) is 37.3 Å². The maximum absolute atomic E-state index is 11.9. The molecule has 5 nitrogen and oxygen atoms in total. The number of carbonyl (C=O) groups is 2. The monoisotopic (exact) mass is 270 g/mol. The van der Waals surface area contributed by atoms with Crippen molar-refractivity contribution in [2.75, 3.05) is 5.32 Å². The van der Waals surface area contributed by atoms with Crippen molar-refractivity contribution in [3.8, 4) is 0 Å². The van der Waals surface area contributed by atoms with Crippen molar-refractivity contribution in [3.63, 3.8) is 0 Å². The Bertz CT molecular complexity index is 439. The number of nitrogens with zero attached hydrogens (tertiary/aromatic N) is 1. The number of nitrogens with one attached hydrogen (secondary N) is 1. The molecule has 0 fully saturated rings. The lowest BCUT2D eigenvalue weighted by Crippen LogP contribution is -2.21. The van der Waals surface area contributed by atoms with Crippen molar-refractivity contribution in [2.24, 2.45) is 5.92 Å². The van der Waals surface area contributed by atoms with Gasteiger partial charge in [-0.05, 0) is 19.8 Å². The summed E-state index contributed by atoms with van der Waals surface area (Å²) in [6.45, 7) is 5.69. The lowest BCUT2D eigenvalue weighted by atomic mass is 10.0. The molecule has 0 bridgehead atoms. The number of hydrogen-bond donors (Lipinski definition) is 2. The number of anilines is 1. The topological polar surface area (TPSA) is 79.3 Å². The molecule has 0 radical (unpaired) electrons. The van der Waals surface area contributed by atoms with Crippen LogP contribution in [0.25, 0.3) is 0 Å². The quantitative estimate of drug-likeness (QED) is 0.832. The van der Waals surface area contributed by atoms with Crippen LogP contribution in [0.2, 0.25) is 0 Å². The maximum Gasteiger partial charge on any atom is 0.308 e. The van der Waals surface area contributed by atoms with E-state index in [0.29, 0.717) is 15.7 Å². The summed E-state index contributed by atoms with van der Waals surface area (Å²) in [6, 6.07) is 0. The molecule has 1 aromatic rings. The Kier molecular flexibility index (Phi) is 5.27. The molecule has 0 aromatic carbocycles. The molecule has 1 rings (SSSR count). The molecule has 0 aliphatic rings. The lowest BCUT2D eigenvalue weighted by Gasteiger charge is -2.10. The number of hydrogen-bond acceptors (Lipinski definition) is 4. The van der Waals surface area contributed by atoms with E-state index in [1.807, 2.05) is 13.8 Å². The molecule has 2 N–H and O–H groups in total. The van der Waals surface area contributed by atoms with Gasteiger partial charge in [0.2, 0.25) is 5.91 Å². The predicted molar refractivity (Wildman–Crippen MR) is 70.9 cm³/mol. The minimum atomic E-state index is -0.889. The number of aryl methyl sites for hydroxylation is 1. The number of rotatable bonds is 6. The molecule has 0 unspecified atom stereocenters. The lowest BCUT2D eigenvalue weighted by molar-refractivity contribution is -0.136. The summed E-state index contributed by atoms with van der Waals surface area (Å²) in [5, 5.41) is 12.0. The number of carboxylic acids is 1. The molecule has 0 saturated heterocycles. The van der Waals surface area contributed by atoms with E-state index in [1.54, 1.807) is 6.92 Å². The van der Waals surface area contributed by atoms with Gasteiger partial charge in [-0.15, -0.1) is 11.3 Å². The highest BCUT2D eigenvalue weighted by Gasteiger charge is 2.17. The van der Waals surface area contributed by atoms with Gasteiger partial charge >= 0.3 is 5.97 Å². The second-order valence-electron chi connectivity index (χ2n) is 4.10. The van der Waals surface area contributed by atoms with Crippen LogP contribution in [0.4, 0.5) is 5.13 Å². The molecule has 1 aromatic heterocycles. The van der Waals surface area contributed by atoms with Gasteiger partial charge < -0.3 is 10.4 Å². The molecule has 1 heterocycles. The molecule has 1 amide bonds. The third-order valence-corrected chi connectivity index (χ3v) is 3.86. The Hall–Kier alpha value is -1.43. The van der Waals surface area contributed by atoms with Gasteiger partial charge in [-0.3, -0.25) is 9.59 Å². The molecule has 6 heteroatoms. The van der Waals surface area contributed by atoms with Crippen molar-refractivity contribution in [2.45, 2.75) is 40.0 Å². The Labute approximate surface area is 110 Å². The van der Waals surface area contributed by atoms with E-state index in [2.05, 4.69) is 10.3 Å². The molecular weight excluding hydrogens is 252 g/mol. The van der Waals surface area contributed by atoms with E-state index < -0.39 is 5.97 Å². The van der Waals surface area contributed by atoms with E-state index in [0.717, 1.165) is 12.8 Å². The predicted octanol–water partition coefficient (Wildman–Crippen LogP) is 2.45. The van der Waals surface area contributed by atoms with Crippen molar-refractivity contribution in [3.05, 3.63) is 10.6 Å². The Balaban J connectivity index is 2.74. The average Bonchev–Trinajstić information content (AvgIpc) is 2.59. The summed E-state index contributed by atoms with van der Waals surface area (Å²) in [5.41, 5.74) is 0.669. The Morgan fingerprint density at radius 3 is 2.50 bits per heavy atom. The zero-order valence-corrected chi connectivity index (χ0v) is 11.6. The van der Waals surface area contributed by atoms with Crippen LogP contribution in [0.3, 0.4) is 0 Å². The van der Waals surface area contributed by atoms with E-state index >= 15 is 0 Å². The van der Waals surface area contributed by atoms with Gasteiger partial charge in [0.25, 0.3) is 0 Å². The molecule has 0 aliphatic carbocycles. The highest BCUT2D eigenvalue weighted by molar-refractivity contribution is 7.16. The van der Waals surface area contributed by atoms with Crippen molar-refractivity contribution in [1.29, 1.82) is 0 Å². The van der Waals surface area contributed by atoms with Gasteiger partial charge in [0, 0.05) is 10.8 Å². The van der Waals surface area contributed by atoms with Crippen LogP contribution in [0.15, 0.2) is 0 Å². The first-order chi connectivity index (χ1) is 8.47. The first kappa shape index (κ1) is 14.6. The first-order valence-electron chi connectivity index (χ1n) is 5.96. The van der Waals surface area contributed by atoms with Crippen LogP contribution in [-0.4, -0.2) is 22.0 Å². The average molecular weight is 270 g/mol. The highest BCUT2D eigenvalue weighted by Crippen LogP contribution is 2.24. The van der Waals surface area contributed by atoms with Crippen LogP contribution < -0.4 is 5.32 Å². The van der Waals surface area contributed by atoms with E-state index in [4.69, 9.17) is 5.11 Å². The molecule has 0 spiro atoms. The van der Waals surface area contributed by atoms with Gasteiger partial charge in [-0.2, -0.15) is 0 Å². The molecule has 0 atom stereocenters. The maximum atomic E-state index is 11.9. The molecular formula is C12H18N2O3S. The fourth-order valence-electron chi connectivity index (χ4n) is 1.65. The number of aromatic nitrogens is 1. The minimum absolute atomic E-state index is 0.0165. The largest absolute Gasteiger partial charge is 0.481 e. The Morgan fingerprint density at radius 2 is 2.00 bits per heavy atom. The minimum Gasteiger partial charge on any atom is -0.481 e. The van der Waals surface area contributed by atoms with E-state index in [-0.39, 0.29) is 18.2 Å². The van der Waals surface area contributed by atoms with Crippen LogP contribution in [-0.2, 0) is 16.0 Å². The molecule has 0 aliphatic heterocycles. The molecule has 0 saturated carbocycles. The van der Waals surface area contributed by atoms with Gasteiger partial charge in [0.05, 0.1) is 12.1 Å². The smallest absolute Gasteiger partial charge is 0.308 e. The van der Waals surface area contributed by atoms with Gasteiger partial charge in [0.1, 0.15) is 0 Å². The SMILES string of the molecule is CCC(CC)C(=O)Nc1nc(C)c(CC(=O)O)s1. The van der Waals surface area contributed by atoms with E-state index in [9.17, 15) is 9.59 Å². The fourth-order valence-corrected chi connectivity index (χ4v) is 2.61. The summed E-state index contributed by atoms with van der Waals surface area (Å²) in [6.07, 6.45) is 1.52. The van der Waals surface area contributed by atoms with Gasteiger partial charge in [-0.25, -0.2) is 4.98 Å². The van der Waals surface area contributed by atoms with Gasteiger partial charge in [0.15, 0.2) is 5.13 Å². The summed E-state index contributed by atoms with van der Waals surface area (Å²) in [7, 11) is 0. The van der Waals surface area contributed by atoms with Crippen molar-refractivity contribution >= 4 is 28.3 Å². The summed E-state index contributed by atoms with van der Waals surface area (Å²) >= 11 is 1.23. The molecule has 18 heavy (non-hydrogen) atoms. The van der Waals surface area contributed by atoms with Gasteiger partial charge in [-0.1, -0.05) is 13.8 Å². The summed E-state index contributed by atoms with van der Waals surface area (Å²) in [4.78, 5) is 27.4. The second-order valence-corrected chi connectivity index (χ2v) is 5.18. The van der Waals surface area contributed by atoms with Crippen LogP contribution in [0, 0.1) is 12.8 Å². The number of aliphatic carboxylic acids is 1. The standard InChI is InChI=1S/C12H18N2O3S/c1-4-8(5-2)11(17)14-12-13-7(3)9(18-12)6-10(15)16/h8H,4-6H2,1-3H3,(H,15,16)(H,13,14,17). The zero-order chi connectivity index (χ0) is 13.7.